The van der Waals surface area contributed by atoms with Gasteiger partial charge in [-0.3, -0.25) is 0 Å². The predicted molar refractivity (Wildman–Crippen MR) is 66.4 cm³/mol. The van der Waals surface area contributed by atoms with Crippen molar-refractivity contribution in [2.24, 2.45) is 0 Å². The molecular formula is C12H21NOS. The third kappa shape index (κ3) is 3.93. The number of hydrogen-bond donors (Lipinski definition) is 2. The van der Waals surface area contributed by atoms with Gasteiger partial charge < -0.3 is 10.4 Å². The molecule has 3 heteroatoms. The van der Waals surface area contributed by atoms with Gasteiger partial charge in [0, 0.05) is 22.8 Å². The number of nitrogens with one attached hydrogen (secondary N) is 1. The Hall–Kier alpha value is -0.380. The van der Waals surface area contributed by atoms with Crippen LogP contribution in [-0.2, 0) is 6.54 Å². The van der Waals surface area contributed by atoms with E-state index in [4.69, 9.17) is 0 Å². The Morgan fingerprint density at radius 1 is 1.47 bits per heavy atom. The summed E-state index contributed by atoms with van der Waals surface area (Å²) < 4.78 is 0. The fourth-order valence-electron chi connectivity index (χ4n) is 1.45. The first-order valence-electron chi connectivity index (χ1n) is 5.43. The monoisotopic (exact) mass is 227 g/mol. The fraction of sp³-hybridized carbons (Fsp3) is 0.667. The van der Waals surface area contributed by atoms with E-state index in [1.54, 1.807) is 0 Å². The second-order valence-corrected chi connectivity index (χ2v) is 5.85. The van der Waals surface area contributed by atoms with E-state index in [9.17, 15) is 5.11 Å². The summed E-state index contributed by atoms with van der Waals surface area (Å²) in [4.78, 5) is 2.72. The first-order chi connectivity index (χ1) is 6.94. The lowest BCUT2D eigenvalue weighted by Crippen LogP contribution is -2.36. The van der Waals surface area contributed by atoms with Crippen LogP contribution in [0.25, 0.3) is 0 Å². The van der Waals surface area contributed by atoms with Gasteiger partial charge in [0.2, 0.25) is 0 Å². The molecule has 0 saturated heterocycles. The summed E-state index contributed by atoms with van der Waals surface area (Å²) in [6.07, 6.45) is 0.779. The van der Waals surface area contributed by atoms with Crippen molar-refractivity contribution in [1.29, 1.82) is 0 Å². The van der Waals surface area contributed by atoms with Gasteiger partial charge in [0.1, 0.15) is 0 Å². The molecule has 15 heavy (non-hydrogen) atoms. The lowest BCUT2D eigenvalue weighted by atomic mass is 10.0. The van der Waals surface area contributed by atoms with Crippen molar-refractivity contribution in [3.8, 4) is 0 Å². The van der Waals surface area contributed by atoms with Gasteiger partial charge in [-0.25, -0.2) is 0 Å². The minimum atomic E-state index is -0.584. The lowest BCUT2D eigenvalue weighted by Gasteiger charge is -2.21. The molecule has 0 fully saturated rings. The van der Waals surface area contributed by atoms with Gasteiger partial charge in [-0.2, -0.15) is 0 Å². The largest absolute Gasteiger partial charge is 0.389 e. The van der Waals surface area contributed by atoms with Gasteiger partial charge in [0.15, 0.2) is 0 Å². The van der Waals surface area contributed by atoms with Gasteiger partial charge in [-0.1, -0.05) is 6.92 Å². The molecule has 0 bridgehead atoms. The normalized spacial score (nSPS) is 15.3. The molecule has 1 heterocycles. The molecule has 0 aliphatic carbocycles. The number of hydrogen-bond acceptors (Lipinski definition) is 3. The van der Waals surface area contributed by atoms with E-state index in [2.05, 4.69) is 25.2 Å². The minimum Gasteiger partial charge on any atom is -0.389 e. The first-order valence-corrected chi connectivity index (χ1v) is 6.25. The van der Waals surface area contributed by atoms with E-state index < -0.39 is 5.60 Å². The van der Waals surface area contributed by atoms with E-state index in [1.807, 2.05) is 25.2 Å². The fourth-order valence-corrected chi connectivity index (χ4v) is 2.40. The maximum Gasteiger partial charge on any atom is 0.0741 e. The second-order valence-electron chi connectivity index (χ2n) is 4.39. The zero-order valence-corrected chi connectivity index (χ0v) is 10.9. The molecule has 1 aromatic heterocycles. The van der Waals surface area contributed by atoms with Gasteiger partial charge >= 0.3 is 0 Å². The van der Waals surface area contributed by atoms with Crippen LogP contribution in [0.2, 0.25) is 0 Å². The van der Waals surface area contributed by atoms with Crippen LogP contribution in [0.5, 0.6) is 0 Å². The summed E-state index contributed by atoms with van der Waals surface area (Å²) in [7, 11) is 0. The molecule has 0 radical (unpaired) electrons. The molecule has 0 saturated carbocycles. The number of aryl methyl sites for hydroxylation is 2. The summed E-state index contributed by atoms with van der Waals surface area (Å²) in [6, 6.07) is 2.22. The molecule has 2 N–H and O–H groups in total. The molecule has 0 aromatic carbocycles. The van der Waals surface area contributed by atoms with Crippen LogP contribution in [0, 0.1) is 13.8 Å². The van der Waals surface area contributed by atoms with Gasteiger partial charge in [0.25, 0.3) is 0 Å². The van der Waals surface area contributed by atoms with Crippen molar-refractivity contribution in [1.82, 2.24) is 5.32 Å². The highest BCUT2D eigenvalue weighted by Crippen LogP contribution is 2.20. The van der Waals surface area contributed by atoms with Crippen molar-refractivity contribution < 1.29 is 5.11 Å². The zero-order chi connectivity index (χ0) is 11.5. The molecule has 2 nitrogen and oxygen atoms in total. The van der Waals surface area contributed by atoms with Crippen molar-refractivity contribution in [2.45, 2.75) is 46.3 Å². The molecular weight excluding hydrogens is 206 g/mol. The SMILES string of the molecule is CCC(C)(O)CNCc1cc(C)sc1C. The molecule has 0 aliphatic rings. The quantitative estimate of drug-likeness (QED) is 0.810. The van der Waals surface area contributed by atoms with Gasteiger partial charge in [-0.05, 0) is 38.8 Å². The predicted octanol–water partition coefficient (Wildman–Crippen LogP) is 2.62. The van der Waals surface area contributed by atoms with Crippen LogP contribution in [0.15, 0.2) is 6.07 Å². The summed E-state index contributed by atoms with van der Waals surface area (Å²) in [6.45, 7) is 9.65. The first kappa shape index (κ1) is 12.7. The second kappa shape index (κ2) is 5.10. The Bertz CT molecular complexity index is 317. The molecule has 1 unspecified atom stereocenters. The Labute approximate surface area is 96.3 Å². The maximum atomic E-state index is 9.82. The van der Waals surface area contributed by atoms with Gasteiger partial charge in [-0.15, -0.1) is 11.3 Å². The maximum absolute atomic E-state index is 9.82. The Balaban J connectivity index is 2.41. The van der Waals surface area contributed by atoms with E-state index in [1.165, 1.54) is 15.3 Å². The van der Waals surface area contributed by atoms with Gasteiger partial charge in [0.05, 0.1) is 5.60 Å². The third-order valence-corrected chi connectivity index (χ3v) is 3.73. The van der Waals surface area contributed by atoms with Crippen LogP contribution < -0.4 is 5.32 Å². The van der Waals surface area contributed by atoms with Crippen molar-refractivity contribution in [3.05, 3.63) is 21.4 Å². The summed E-state index contributed by atoms with van der Waals surface area (Å²) in [5.41, 5.74) is 0.767. The number of rotatable bonds is 5. The van der Waals surface area contributed by atoms with E-state index in [0.29, 0.717) is 6.54 Å². The zero-order valence-electron chi connectivity index (χ0n) is 10.1. The van der Waals surface area contributed by atoms with E-state index in [-0.39, 0.29) is 0 Å². The third-order valence-electron chi connectivity index (χ3n) is 2.73. The Morgan fingerprint density at radius 2 is 2.13 bits per heavy atom. The van der Waals surface area contributed by atoms with Crippen LogP contribution in [-0.4, -0.2) is 17.3 Å². The average Bonchev–Trinajstić information content (AvgIpc) is 2.45. The van der Waals surface area contributed by atoms with Crippen LogP contribution >= 0.6 is 11.3 Å². The molecule has 1 rings (SSSR count). The number of aliphatic hydroxyl groups is 1. The lowest BCUT2D eigenvalue weighted by molar-refractivity contribution is 0.0555. The van der Waals surface area contributed by atoms with E-state index in [0.717, 1.165) is 13.0 Å². The highest BCUT2D eigenvalue weighted by atomic mass is 32.1. The van der Waals surface area contributed by atoms with Crippen LogP contribution in [0.3, 0.4) is 0 Å². The smallest absolute Gasteiger partial charge is 0.0741 e. The molecule has 0 spiro atoms. The Morgan fingerprint density at radius 3 is 2.60 bits per heavy atom. The molecule has 1 aromatic rings. The van der Waals surface area contributed by atoms with Crippen molar-refractivity contribution >= 4 is 11.3 Å². The molecule has 0 aliphatic heterocycles. The summed E-state index contributed by atoms with van der Waals surface area (Å²) in [5, 5.41) is 13.1. The minimum absolute atomic E-state index is 0.584. The molecule has 86 valence electrons. The van der Waals surface area contributed by atoms with Crippen molar-refractivity contribution in [3.63, 3.8) is 0 Å². The summed E-state index contributed by atoms with van der Waals surface area (Å²) >= 11 is 1.83. The summed E-state index contributed by atoms with van der Waals surface area (Å²) in [5.74, 6) is 0. The highest BCUT2D eigenvalue weighted by Gasteiger charge is 2.16. The molecule has 0 amide bonds. The number of thiophene rings is 1. The standard InChI is InChI=1S/C12H21NOS/c1-5-12(4,14)8-13-7-11-6-9(2)15-10(11)3/h6,13-14H,5,7-8H2,1-4H3. The molecule has 1 atom stereocenters. The van der Waals surface area contributed by atoms with Crippen molar-refractivity contribution in [2.75, 3.05) is 6.54 Å². The van der Waals surface area contributed by atoms with Crippen LogP contribution in [0.1, 0.15) is 35.6 Å². The average molecular weight is 227 g/mol. The van der Waals surface area contributed by atoms with E-state index >= 15 is 0 Å². The topological polar surface area (TPSA) is 32.3 Å². The Kier molecular flexibility index (Phi) is 4.32. The van der Waals surface area contributed by atoms with Crippen LogP contribution in [0.4, 0.5) is 0 Å². The highest BCUT2D eigenvalue weighted by molar-refractivity contribution is 7.12.